The molecule has 2 rings (SSSR count). The minimum atomic E-state index is -3.41. The number of sulfonamides is 1. The number of hydrogen-bond acceptors (Lipinski definition) is 4. The second kappa shape index (κ2) is 7.35. The monoisotopic (exact) mass is 311 g/mol. The average Bonchev–Trinajstić information content (AvgIpc) is 3.29. The third-order valence-corrected chi connectivity index (χ3v) is 5.30. The van der Waals surface area contributed by atoms with E-state index in [0.717, 1.165) is 25.1 Å². The SMILES string of the molecule is CCN(CCNS(=O)(=O)c1ccc(CCN)cc1)C1CC1. The van der Waals surface area contributed by atoms with E-state index in [9.17, 15) is 8.42 Å². The number of rotatable bonds is 9. The lowest BCUT2D eigenvalue weighted by Crippen LogP contribution is -2.36. The maximum atomic E-state index is 12.2. The normalized spacial score (nSPS) is 15.6. The molecule has 0 bridgehead atoms. The number of benzene rings is 1. The number of nitrogens with zero attached hydrogens (tertiary/aromatic N) is 1. The van der Waals surface area contributed by atoms with Crippen LogP contribution in [-0.2, 0) is 16.4 Å². The molecule has 0 heterocycles. The molecule has 118 valence electrons. The van der Waals surface area contributed by atoms with Crippen LogP contribution in [-0.4, -0.2) is 45.5 Å². The molecule has 1 aliphatic rings. The van der Waals surface area contributed by atoms with Crippen molar-refractivity contribution in [2.24, 2.45) is 5.73 Å². The number of hydrogen-bond donors (Lipinski definition) is 2. The maximum Gasteiger partial charge on any atom is 0.240 e. The molecule has 0 amide bonds. The summed E-state index contributed by atoms with van der Waals surface area (Å²) in [7, 11) is -3.41. The summed E-state index contributed by atoms with van der Waals surface area (Å²) >= 11 is 0. The van der Waals surface area contributed by atoms with Crippen LogP contribution < -0.4 is 10.5 Å². The number of likely N-dealkylation sites (N-methyl/N-ethyl adjacent to an activating group) is 1. The standard InChI is InChI=1S/C15H25N3O2S/c1-2-18(14-5-6-14)12-11-17-21(19,20)15-7-3-13(4-8-15)9-10-16/h3-4,7-8,14,17H,2,5-6,9-12,16H2,1H3. The zero-order valence-corrected chi connectivity index (χ0v) is 13.4. The second-order valence-electron chi connectivity index (χ2n) is 5.44. The van der Waals surface area contributed by atoms with Gasteiger partial charge < -0.3 is 5.73 Å². The van der Waals surface area contributed by atoms with E-state index < -0.39 is 10.0 Å². The molecule has 21 heavy (non-hydrogen) atoms. The van der Waals surface area contributed by atoms with Gasteiger partial charge >= 0.3 is 0 Å². The van der Waals surface area contributed by atoms with Gasteiger partial charge in [0.15, 0.2) is 0 Å². The summed E-state index contributed by atoms with van der Waals surface area (Å²) in [5.41, 5.74) is 6.54. The molecule has 1 aromatic rings. The zero-order chi connectivity index (χ0) is 15.3. The lowest BCUT2D eigenvalue weighted by molar-refractivity contribution is 0.282. The Kier molecular flexibility index (Phi) is 5.75. The van der Waals surface area contributed by atoms with E-state index in [4.69, 9.17) is 5.73 Å². The second-order valence-corrected chi connectivity index (χ2v) is 7.21. The van der Waals surface area contributed by atoms with Crippen LogP contribution >= 0.6 is 0 Å². The lowest BCUT2D eigenvalue weighted by atomic mass is 10.2. The molecule has 0 saturated heterocycles. The molecule has 0 aromatic heterocycles. The van der Waals surface area contributed by atoms with Crippen LogP contribution in [0.15, 0.2) is 29.2 Å². The summed E-state index contributed by atoms with van der Waals surface area (Å²) in [5.74, 6) is 0. The van der Waals surface area contributed by atoms with Gasteiger partial charge in [-0.05, 0) is 50.0 Å². The fourth-order valence-electron chi connectivity index (χ4n) is 2.45. The van der Waals surface area contributed by atoms with E-state index in [1.54, 1.807) is 12.1 Å². The van der Waals surface area contributed by atoms with Crippen LogP contribution in [0.1, 0.15) is 25.3 Å². The van der Waals surface area contributed by atoms with Gasteiger partial charge in [-0.2, -0.15) is 0 Å². The van der Waals surface area contributed by atoms with Gasteiger partial charge in [-0.1, -0.05) is 19.1 Å². The first kappa shape index (κ1) is 16.4. The predicted octanol–water partition coefficient (Wildman–Crippen LogP) is 0.950. The average molecular weight is 311 g/mol. The summed E-state index contributed by atoms with van der Waals surface area (Å²) in [6, 6.07) is 7.60. The van der Waals surface area contributed by atoms with Gasteiger partial charge in [0, 0.05) is 19.1 Å². The third-order valence-electron chi connectivity index (χ3n) is 3.83. The first-order valence-electron chi connectivity index (χ1n) is 7.59. The highest BCUT2D eigenvalue weighted by molar-refractivity contribution is 7.89. The molecular weight excluding hydrogens is 286 g/mol. The maximum absolute atomic E-state index is 12.2. The molecule has 3 N–H and O–H groups in total. The Bertz CT molecular complexity index is 539. The van der Waals surface area contributed by atoms with Gasteiger partial charge in [0.05, 0.1) is 4.90 Å². The first-order valence-corrected chi connectivity index (χ1v) is 9.08. The lowest BCUT2D eigenvalue weighted by Gasteiger charge is -2.19. The Morgan fingerprint density at radius 3 is 2.48 bits per heavy atom. The smallest absolute Gasteiger partial charge is 0.240 e. The van der Waals surface area contributed by atoms with Crippen molar-refractivity contribution in [3.63, 3.8) is 0 Å². The molecule has 0 radical (unpaired) electrons. The first-order chi connectivity index (χ1) is 10.1. The molecule has 6 heteroatoms. The minimum Gasteiger partial charge on any atom is -0.330 e. The summed E-state index contributed by atoms with van der Waals surface area (Å²) < 4.78 is 27.1. The molecule has 1 fully saturated rings. The largest absolute Gasteiger partial charge is 0.330 e. The van der Waals surface area contributed by atoms with Gasteiger partial charge in [-0.15, -0.1) is 0 Å². The van der Waals surface area contributed by atoms with Crippen LogP contribution in [0.2, 0.25) is 0 Å². The molecule has 1 aliphatic carbocycles. The zero-order valence-electron chi connectivity index (χ0n) is 12.6. The Hall–Kier alpha value is -0.950. The molecule has 1 aromatic carbocycles. The van der Waals surface area contributed by atoms with Gasteiger partial charge in [-0.3, -0.25) is 4.90 Å². The van der Waals surface area contributed by atoms with E-state index >= 15 is 0 Å². The van der Waals surface area contributed by atoms with Crippen molar-refractivity contribution in [1.29, 1.82) is 0 Å². The van der Waals surface area contributed by atoms with E-state index in [-0.39, 0.29) is 0 Å². The van der Waals surface area contributed by atoms with Gasteiger partial charge in [0.25, 0.3) is 0 Å². The fraction of sp³-hybridized carbons (Fsp3) is 0.600. The van der Waals surface area contributed by atoms with Crippen molar-refractivity contribution >= 4 is 10.0 Å². The fourth-order valence-corrected chi connectivity index (χ4v) is 3.47. The van der Waals surface area contributed by atoms with Crippen LogP contribution in [0.3, 0.4) is 0 Å². The molecule has 0 atom stereocenters. The quantitative estimate of drug-likeness (QED) is 0.712. The van der Waals surface area contributed by atoms with Gasteiger partial charge in [0.2, 0.25) is 10.0 Å². The Morgan fingerprint density at radius 2 is 1.95 bits per heavy atom. The Labute approximate surface area is 127 Å². The number of nitrogens with one attached hydrogen (secondary N) is 1. The molecule has 0 unspecified atom stereocenters. The summed E-state index contributed by atoms with van der Waals surface area (Å²) in [4.78, 5) is 2.64. The van der Waals surface area contributed by atoms with Crippen LogP contribution in [0.4, 0.5) is 0 Å². The van der Waals surface area contributed by atoms with Gasteiger partial charge in [-0.25, -0.2) is 13.1 Å². The minimum absolute atomic E-state index is 0.317. The van der Waals surface area contributed by atoms with Crippen molar-refractivity contribution in [3.05, 3.63) is 29.8 Å². The van der Waals surface area contributed by atoms with Crippen molar-refractivity contribution in [2.45, 2.75) is 37.1 Å². The van der Waals surface area contributed by atoms with Gasteiger partial charge in [0.1, 0.15) is 0 Å². The van der Waals surface area contributed by atoms with Crippen molar-refractivity contribution in [3.8, 4) is 0 Å². The van der Waals surface area contributed by atoms with E-state index in [0.29, 0.717) is 24.0 Å². The van der Waals surface area contributed by atoms with Crippen molar-refractivity contribution in [1.82, 2.24) is 9.62 Å². The highest BCUT2D eigenvalue weighted by atomic mass is 32.2. The molecular formula is C15H25N3O2S. The highest BCUT2D eigenvalue weighted by Gasteiger charge is 2.27. The van der Waals surface area contributed by atoms with E-state index in [1.807, 2.05) is 12.1 Å². The van der Waals surface area contributed by atoms with E-state index in [2.05, 4.69) is 16.5 Å². The molecule has 5 nitrogen and oxygen atoms in total. The van der Waals surface area contributed by atoms with Crippen LogP contribution in [0.5, 0.6) is 0 Å². The number of nitrogens with two attached hydrogens (primary N) is 1. The molecule has 0 aliphatic heterocycles. The van der Waals surface area contributed by atoms with Crippen molar-refractivity contribution in [2.75, 3.05) is 26.2 Å². The third kappa shape index (κ3) is 4.78. The summed E-state index contributed by atoms with van der Waals surface area (Å²) in [5, 5.41) is 0. The Balaban J connectivity index is 1.88. The topological polar surface area (TPSA) is 75.4 Å². The van der Waals surface area contributed by atoms with Crippen LogP contribution in [0.25, 0.3) is 0 Å². The highest BCUT2D eigenvalue weighted by Crippen LogP contribution is 2.25. The Morgan fingerprint density at radius 1 is 1.29 bits per heavy atom. The predicted molar refractivity (Wildman–Crippen MR) is 84.7 cm³/mol. The van der Waals surface area contributed by atoms with Crippen molar-refractivity contribution < 1.29 is 8.42 Å². The molecule has 0 spiro atoms. The van der Waals surface area contributed by atoms with E-state index in [1.165, 1.54) is 12.8 Å². The summed E-state index contributed by atoms with van der Waals surface area (Å²) in [6.45, 7) is 4.88. The molecule has 1 saturated carbocycles. The summed E-state index contributed by atoms with van der Waals surface area (Å²) in [6.07, 6.45) is 3.24. The van der Waals surface area contributed by atoms with Crippen LogP contribution in [0, 0.1) is 0 Å².